The fourth-order valence-electron chi connectivity index (χ4n) is 1.10. The molecule has 0 aromatic rings. The van der Waals surface area contributed by atoms with Crippen molar-refractivity contribution in [1.29, 1.82) is 0 Å². The predicted octanol–water partition coefficient (Wildman–Crippen LogP) is 2.13. The van der Waals surface area contributed by atoms with Crippen LogP contribution in [0.25, 0.3) is 0 Å². The zero-order valence-electron chi connectivity index (χ0n) is 6.31. The van der Waals surface area contributed by atoms with Gasteiger partial charge in [-0.15, -0.1) is 11.8 Å². The Balaban J connectivity index is 2.72. The third kappa shape index (κ3) is 1.57. The van der Waals surface area contributed by atoms with Crippen LogP contribution in [0.3, 0.4) is 0 Å². The molecule has 0 spiro atoms. The lowest BCUT2D eigenvalue weighted by molar-refractivity contribution is 0.697. The smallest absolute Gasteiger partial charge is 0.0430 e. The van der Waals surface area contributed by atoms with Gasteiger partial charge in [-0.3, -0.25) is 0 Å². The molecule has 0 fully saturated rings. The van der Waals surface area contributed by atoms with E-state index in [1.807, 2.05) is 17.8 Å². The standard InChI is InChI=1S/C8H13NS/c1-3-7-8(10-2)5-4-6-9-7/h3,9H,1,4-6H2,2H3. The molecule has 0 unspecified atom stereocenters. The first-order chi connectivity index (χ1) is 4.88. The second-order valence-electron chi connectivity index (χ2n) is 2.28. The summed E-state index contributed by atoms with van der Waals surface area (Å²) in [4.78, 5) is 1.45. The molecule has 2 heteroatoms. The number of thioether (sulfide) groups is 1. The van der Waals surface area contributed by atoms with E-state index >= 15 is 0 Å². The maximum absolute atomic E-state index is 3.75. The molecule has 10 heavy (non-hydrogen) atoms. The average molecular weight is 155 g/mol. The molecule has 0 radical (unpaired) electrons. The van der Waals surface area contributed by atoms with Crippen LogP contribution in [0.15, 0.2) is 23.3 Å². The molecule has 56 valence electrons. The second-order valence-corrected chi connectivity index (χ2v) is 3.18. The summed E-state index contributed by atoms with van der Waals surface area (Å²) in [5.41, 5.74) is 1.23. The molecule has 0 aromatic heterocycles. The summed E-state index contributed by atoms with van der Waals surface area (Å²) < 4.78 is 0. The molecule has 1 N–H and O–H groups in total. The number of allylic oxidation sites excluding steroid dienone is 2. The van der Waals surface area contributed by atoms with E-state index in [9.17, 15) is 0 Å². The molecule has 0 atom stereocenters. The lowest BCUT2D eigenvalue weighted by atomic mass is 10.2. The van der Waals surface area contributed by atoms with Crippen LogP contribution in [0.4, 0.5) is 0 Å². The van der Waals surface area contributed by atoms with Crippen LogP contribution in [-0.4, -0.2) is 12.8 Å². The Morgan fingerprint density at radius 2 is 2.50 bits per heavy atom. The first-order valence-electron chi connectivity index (χ1n) is 3.52. The largest absolute Gasteiger partial charge is 0.384 e. The Hall–Kier alpha value is -0.370. The third-order valence-corrected chi connectivity index (χ3v) is 2.56. The molecule has 0 saturated heterocycles. The van der Waals surface area contributed by atoms with Gasteiger partial charge in [-0.2, -0.15) is 0 Å². The van der Waals surface area contributed by atoms with Crippen LogP contribution >= 0.6 is 11.8 Å². The van der Waals surface area contributed by atoms with Gasteiger partial charge in [0, 0.05) is 17.1 Å². The van der Waals surface area contributed by atoms with E-state index in [1.54, 1.807) is 0 Å². The fourth-order valence-corrected chi connectivity index (χ4v) is 1.83. The normalized spacial score (nSPS) is 18.5. The Morgan fingerprint density at radius 1 is 1.70 bits per heavy atom. The zero-order chi connectivity index (χ0) is 7.40. The van der Waals surface area contributed by atoms with Gasteiger partial charge >= 0.3 is 0 Å². The van der Waals surface area contributed by atoms with Crippen LogP contribution in [0.1, 0.15) is 12.8 Å². The number of nitrogens with one attached hydrogen (secondary N) is 1. The maximum atomic E-state index is 3.75. The molecular formula is C8H13NS. The Kier molecular flexibility index (Phi) is 2.87. The van der Waals surface area contributed by atoms with Crippen molar-refractivity contribution in [2.45, 2.75) is 12.8 Å². The van der Waals surface area contributed by atoms with E-state index in [0.717, 1.165) is 6.54 Å². The minimum atomic E-state index is 1.10. The van der Waals surface area contributed by atoms with Gasteiger partial charge in [0.1, 0.15) is 0 Å². The first-order valence-corrected chi connectivity index (χ1v) is 4.74. The van der Waals surface area contributed by atoms with Crippen molar-refractivity contribution in [3.8, 4) is 0 Å². The van der Waals surface area contributed by atoms with Crippen LogP contribution in [0, 0.1) is 0 Å². The number of hydrogen-bond acceptors (Lipinski definition) is 2. The van der Waals surface area contributed by atoms with Gasteiger partial charge in [-0.25, -0.2) is 0 Å². The second kappa shape index (κ2) is 3.71. The lowest BCUT2D eigenvalue weighted by Crippen LogP contribution is -2.19. The highest BCUT2D eigenvalue weighted by Crippen LogP contribution is 2.24. The van der Waals surface area contributed by atoms with Crippen LogP contribution in [-0.2, 0) is 0 Å². The van der Waals surface area contributed by atoms with Crippen molar-refractivity contribution < 1.29 is 0 Å². The number of hydrogen-bond donors (Lipinski definition) is 1. The van der Waals surface area contributed by atoms with Crippen molar-refractivity contribution in [1.82, 2.24) is 5.32 Å². The lowest BCUT2D eigenvalue weighted by Gasteiger charge is -2.17. The predicted molar refractivity (Wildman–Crippen MR) is 48.0 cm³/mol. The van der Waals surface area contributed by atoms with E-state index < -0.39 is 0 Å². The van der Waals surface area contributed by atoms with E-state index in [1.165, 1.54) is 23.4 Å². The van der Waals surface area contributed by atoms with Gasteiger partial charge in [-0.1, -0.05) is 6.58 Å². The molecule has 0 amide bonds. The summed E-state index contributed by atoms with van der Waals surface area (Å²) in [6, 6.07) is 0. The topological polar surface area (TPSA) is 12.0 Å². The minimum absolute atomic E-state index is 1.10. The molecular weight excluding hydrogens is 142 g/mol. The SMILES string of the molecule is C=CC1=C(SC)CCCN1. The van der Waals surface area contributed by atoms with Gasteiger partial charge in [0.05, 0.1) is 0 Å². The Bertz CT molecular complexity index is 161. The van der Waals surface area contributed by atoms with Gasteiger partial charge in [-0.05, 0) is 25.2 Å². The highest BCUT2D eigenvalue weighted by molar-refractivity contribution is 8.02. The summed E-state index contributed by atoms with van der Waals surface area (Å²) in [5.74, 6) is 0. The summed E-state index contributed by atoms with van der Waals surface area (Å²) >= 11 is 1.82. The summed E-state index contributed by atoms with van der Waals surface area (Å²) in [7, 11) is 0. The first kappa shape index (κ1) is 7.73. The van der Waals surface area contributed by atoms with Crippen LogP contribution in [0.5, 0.6) is 0 Å². The molecule has 0 saturated carbocycles. The number of rotatable bonds is 2. The molecule has 1 heterocycles. The Labute approximate surface area is 66.6 Å². The van der Waals surface area contributed by atoms with Gasteiger partial charge < -0.3 is 5.32 Å². The molecule has 0 aliphatic carbocycles. The van der Waals surface area contributed by atoms with Crippen molar-refractivity contribution in [3.05, 3.63) is 23.3 Å². The highest BCUT2D eigenvalue weighted by Gasteiger charge is 2.07. The van der Waals surface area contributed by atoms with Crippen molar-refractivity contribution in [2.75, 3.05) is 12.8 Å². The molecule has 1 aliphatic heterocycles. The van der Waals surface area contributed by atoms with Crippen molar-refractivity contribution in [2.24, 2.45) is 0 Å². The molecule has 1 rings (SSSR count). The highest BCUT2D eigenvalue weighted by atomic mass is 32.2. The summed E-state index contributed by atoms with van der Waals surface area (Å²) in [5, 5.41) is 3.31. The Morgan fingerprint density at radius 3 is 3.00 bits per heavy atom. The minimum Gasteiger partial charge on any atom is -0.384 e. The van der Waals surface area contributed by atoms with E-state index in [0.29, 0.717) is 0 Å². The quantitative estimate of drug-likeness (QED) is 0.655. The van der Waals surface area contributed by atoms with E-state index in [4.69, 9.17) is 0 Å². The van der Waals surface area contributed by atoms with E-state index in [-0.39, 0.29) is 0 Å². The third-order valence-electron chi connectivity index (χ3n) is 1.65. The van der Waals surface area contributed by atoms with Crippen LogP contribution in [0.2, 0.25) is 0 Å². The van der Waals surface area contributed by atoms with Crippen LogP contribution < -0.4 is 5.32 Å². The fraction of sp³-hybridized carbons (Fsp3) is 0.500. The monoisotopic (exact) mass is 155 g/mol. The maximum Gasteiger partial charge on any atom is 0.0430 e. The molecule has 1 aliphatic rings. The zero-order valence-corrected chi connectivity index (χ0v) is 7.13. The van der Waals surface area contributed by atoms with Crippen molar-refractivity contribution in [3.63, 3.8) is 0 Å². The van der Waals surface area contributed by atoms with E-state index in [2.05, 4.69) is 18.2 Å². The molecule has 1 nitrogen and oxygen atoms in total. The summed E-state index contributed by atoms with van der Waals surface area (Å²) in [6.07, 6.45) is 6.50. The van der Waals surface area contributed by atoms with Gasteiger partial charge in [0.2, 0.25) is 0 Å². The van der Waals surface area contributed by atoms with Gasteiger partial charge in [0.25, 0.3) is 0 Å². The molecule has 0 aromatic carbocycles. The van der Waals surface area contributed by atoms with Gasteiger partial charge in [0.15, 0.2) is 0 Å². The average Bonchev–Trinajstić information content (AvgIpc) is 2.04. The molecule has 0 bridgehead atoms. The summed E-state index contributed by atoms with van der Waals surface area (Å²) in [6.45, 7) is 4.85. The van der Waals surface area contributed by atoms with Crippen molar-refractivity contribution >= 4 is 11.8 Å².